The van der Waals surface area contributed by atoms with Gasteiger partial charge in [-0.2, -0.15) is 0 Å². The van der Waals surface area contributed by atoms with E-state index in [-0.39, 0.29) is 16.4 Å². The summed E-state index contributed by atoms with van der Waals surface area (Å²) in [5.74, 6) is -4.55. The first kappa shape index (κ1) is 16.1. The standard InChI is InChI=1S/C16H8F4N2OS/c17-8-4-5-9(12(20)6-8)13-7-24-16(21-13)22-15(23)14-10(18)2-1-3-11(14)19/h1-7H,(H,21,22,23). The van der Waals surface area contributed by atoms with Crippen LogP contribution in [0.25, 0.3) is 11.3 Å². The molecule has 0 aliphatic rings. The third kappa shape index (κ3) is 3.13. The van der Waals surface area contributed by atoms with Gasteiger partial charge in [0.05, 0.1) is 5.69 Å². The first-order chi connectivity index (χ1) is 11.5. The lowest BCUT2D eigenvalue weighted by molar-refractivity contribution is 0.101. The highest BCUT2D eigenvalue weighted by atomic mass is 32.1. The first-order valence-corrected chi connectivity index (χ1v) is 7.50. The van der Waals surface area contributed by atoms with Gasteiger partial charge in [0.15, 0.2) is 5.13 Å². The van der Waals surface area contributed by atoms with Crippen molar-refractivity contribution in [1.29, 1.82) is 0 Å². The van der Waals surface area contributed by atoms with Crippen molar-refractivity contribution in [3.05, 3.63) is 70.6 Å². The van der Waals surface area contributed by atoms with Crippen LogP contribution in [0.3, 0.4) is 0 Å². The lowest BCUT2D eigenvalue weighted by Gasteiger charge is -2.04. The highest BCUT2D eigenvalue weighted by Crippen LogP contribution is 2.28. The van der Waals surface area contributed by atoms with Crippen LogP contribution in [0.5, 0.6) is 0 Å². The molecule has 1 aromatic heterocycles. The number of amides is 1. The van der Waals surface area contributed by atoms with Gasteiger partial charge in [-0.1, -0.05) is 6.07 Å². The summed E-state index contributed by atoms with van der Waals surface area (Å²) in [6.45, 7) is 0. The van der Waals surface area contributed by atoms with Crippen LogP contribution < -0.4 is 5.32 Å². The van der Waals surface area contributed by atoms with E-state index in [1.54, 1.807) is 0 Å². The molecule has 1 amide bonds. The van der Waals surface area contributed by atoms with Crippen molar-refractivity contribution in [2.75, 3.05) is 5.32 Å². The van der Waals surface area contributed by atoms with E-state index in [2.05, 4.69) is 10.3 Å². The molecule has 122 valence electrons. The number of rotatable bonds is 3. The lowest BCUT2D eigenvalue weighted by atomic mass is 10.1. The summed E-state index contributed by atoms with van der Waals surface area (Å²) in [6, 6.07) is 6.05. The zero-order valence-electron chi connectivity index (χ0n) is 11.8. The van der Waals surface area contributed by atoms with Crippen LogP contribution in [-0.2, 0) is 0 Å². The number of anilines is 1. The molecule has 24 heavy (non-hydrogen) atoms. The second kappa shape index (κ2) is 6.40. The van der Waals surface area contributed by atoms with Gasteiger partial charge in [-0.3, -0.25) is 10.1 Å². The summed E-state index contributed by atoms with van der Waals surface area (Å²) in [5, 5.41) is 3.72. The van der Waals surface area contributed by atoms with E-state index < -0.39 is 34.7 Å². The van der Waals surface area contributed by atoms with Crippen LogP contribution in [0.2, 0.25) is 0 Å². The van der Waals surface area contributed by atoms with Gasteiger partial charge in [-0.25, -0.2) is 22.5 Å². The van der Waals surface area contributed by atoms with Gasteiger partial charge in [0.2, 0.25) is 0 Å². The molecule has 0 radical (unpaired) electrons. The predicted molar refractivity (Wildman–Crippen MR) is 81.8 cm³/mol. The van der Waals surface area contributed by atoms with Gasteiger partial charge in [-0.15, -0.1) is 11.3 Å². The van der Waals surface area contributed by atoms with E-state index in [1.165, 1.54) is 11.4 Å². The molecular weight excluding hydrogens is 344 g/mol. The number of hydrogen-bond donors (Lipinski definition) is 1. The van der Waals surface area contributed by atoms with Crippen LogP contribution in [0.4, 0.5) is 22.7 Å². The van der Waals surface area contributed by atoms with E-state index in [9.17, 15) is 22.4 Å². The highest BCUT2D eigenvalue weighted by molar-refractivity contribution is 7.14. The third-order valence-corrected chi connectivity index (χ3v) is 3.88. The summed E-state index contributed by atoms with van der Waals surface area (Å²) >= 11 is 0.944. The maximum Gasteiger partial charge on any atom is 0.263 e. The average Bonchev–Trinajstić information content (AvgIpc) is 2.95. The molecule has 0 aliphatic heterocycles. The fraction of sp³-hybridized carbons (Fsp3) is 0. The maximum atomic E-state index is 13.7. The first-order valence-electron chi connectivity index (χ1n) is 6.62. The van der Waals surface area contributed by atoms with Crippen molar-refractivity contribution in [3.8, 4) is 11.3 Å². The molecule has 0 unspecified atom stereocenters. The number of halogens is 4. The fourth-order valence-electron chi connectivity index (χ4n) is 2.03. The van der Waals surface area contributed by atoms with Gasteiger partial charge in [0.1, 0.15) is 28.8 Å². The van der Waals surface area contributed by atoms with Crippen LogP contribution in [0.1, 0.15) is 10.4 Å². The molecule has 1 heterocycles. The third-order valence-electron chi connectivity index (χ3n) is 3.12. The summed E-state index contributed by atoms with van der Waals surface area (Å²) < 4.78 is 53.8. The number of hydrogen-bond acceptors (Lipinski definition) is 3. The molecule has 0 atom stereocenters. The molecule has 0 aliphatic carbocycles. The molecule has 0 saturated heterocycles. The van der Waals surface area contributed by atoms with Crippen molar-refractivity contribution in [3.63, 3.8) is 0 Å². The topological polar surface area (TPSA) is 42.0 Å². The normalized spacial score (nSPS) is 10.7. The molecule has 3 nitrogen and oxygen atoms in total. The SMILES string of the molecule is O=C(Nc1nc(-c2ccc(F)cc2F)cs1)c1c(F)cccc1F. The molecular formula is C16H8F4N2OS. The average molecular weight is 352 g/mol. The second-order valence-corrected chi connectivity index (χ2v) is 5.57. The Morgan fingerprint density at radius 2 is 1.71 bits per heavy atom. The number of carbonyl (C=O) groups excluding carboxylic acids is 1. The molecule has 2 aromatic carbocycles. The zero-order chi connectivity index (χ0) is 17.3. The monoisotopic (exact) mass is 352 g/mol. The number of carbonyl (C=O) groups is 1. The van der Waals surface area contributed by atoms with Crippen LogP contribution in [-0.4, -0.2) is 10.9 Å². The molecule has 1 N–H and O–H groups in total. The van der Waals surface area contributed by atoms with Gasteiger partial charge in [-0.05, 0) is 24.3 Å². The van der Waals surface area contributed by atoms with E-state index >= 15 is 0 Å². The van der Waals surface area contributed by atoms with Crippen molar-refractivity contribution in [1.82, 2.24) is 4.98 Å². The Kier molecular flexibility index (Phi) is 4.30. The minimum absolute atomic E-state index is 0.0291. The number of thiazole rings is 1. The summed E-state index contributed by atoms with van der Waals surface area (Å²) in [5.41, 5.74) is -0.519. The van der Waals surface area contributed by atoms with E-state index in [1.807, 2.05) is 0 Å². The Morgan fingerprint density at radius 1 is 1.00 bits per heavy atom. The molecule has 8 heteroatoms. The lowest BCUT2D eigenvalue weighted by Crippen LogP contribution is -2.15. The van der Waals surface area contributed by atoms with Crippen LogP contribution in [0, 0.1) is 23.3 Å². The predicted octanol–water partition coefficient (Wildman–Crippen LogP) is 4.62. The minimum Gasteiger partial charge on any atom is -0.298 e. The van der Waals surface area contributed by atoms with Crippen LogP contribution >= 0.6 is 11.3 Å². The summed E-state index contributed by atoms with van der Waals surface area (Å²) in [4.78, 5) is 15.9. The summed E-state index contributed by atoms with van der Waals surface area (Å²) in [6.07, 6.45) is 0. The van der Waals surface area contributed by atoms with Gasteiger partial charge in [0.25, 0.3) is 5.91 Å². The van der Waals surface area contributed by atoms with Gasteiger partial charge >= 0.3 is 0 Å². The Bertz CT molecular complexity index is 906. The smallest absolute Gasteiger partial charge is 0.263 e. The van der Waals surface area contributed by atoms with Crippen molar-refractivity contribution >= 4 is 22.4 Å². The van der Waals surface area contributed by atoms with Gasteiger partial charge < -0.3 is 0 Å². The Balaban J connectivity index is 1.85. The fourth-order valence-corrected chi connectivity index (χ4v) is 2.73. The van der Waals surface area contributed by atoms with Gasteiger partial charge in [0, 0.05) is 17.0 Å². The second-order valence-electron chi connectivity index (χ2n) is 4.71. The van der Waals surface area contributed by atoms with Crippen LogP contribution in [0.15, 0.2) is 41.8 Å². The minimum atomic E-state index is -1.01. The molecule has 0 bridgehead atoms. The van der Waals surface area contributed by atoms with Crippen molar-refractivity contribution < 1.29 is 22.4 Å². The largest absolute Gasteiger partial charge is 0.298 e. The van der Waals surface area contributed by atoms with E-state index in [0.29, 0.717) is 6.07 Å². The molecule has 0 fully saturated rings. The Hall–Kier alpha value is -2.74. The molecule has 3 rings (SSSR count). The van der Waals surface area contributed by atoms with Crippen molar-refractivity contribution in [2.24, 2.45) is 0 Å². The number of aromatic nitrogens is 1. The maximum absolute atomic E-state index is 13.7. The molecule has 0 saturated carbocycles. The molecule has 0 spiro atoms. The number of nitrogens with one attached hydrogen (secondary N) is 1. The number of benzene rings is 2. The quantitative estimate of drug-likeness (QED) is 0.699. The zero-order valence-corrected chi connectivity index (χ0v) is 12.6. The molecule has 3 aromatic rings. The number of nitrogens with zero attached hydrogens (tertiary/aromatic N) is 1. The Labute approximate surface area is 137 Å². The Morgan fingerprint density at radius 3 is 2.38 bits per heavy atom. The summed E-state index contributed by atoms with van der Waals surface area (Å²) in [7, 11) is 0. The highest BCUT2D eigenvalue weighted by Gasteiger charge is 2.19. The van der Waals surface area contributed by atoms with E-state index in [0.717, 1.165) is 35.6 Å². The van der Waals surface area contributed by atoms with Crippen molar-refractivity contribution in [2.45, 2.75) is 0 Å². The van der Waals surface area contributed by atoms with E-state index in [4.69, 9.17) is 0 Å².